The zero-order valence-corrected chi connectivity index (χ0v) is 10.8. The maximum Gasteiger partial charge on any atom is 0.149 e. The largest absolute Gasteiger partial charge is 0.375 e. The lowest BCUT2D eigenvalue weighted by molar-refractivity contribution is -0.0623. The van der Waals surface area contributed by atoms with Crippen LogP contribution >= 0.6 is 23.1 Å². The molecule has 1 aliphatic heterocycles. The van der Waals surface area contributed by atoms with Gasteiger partial charge in [0.25, 0.3) is 0 Å². The minimum atomic E-state index is -0.272. The van der Waals surface area contributed by atoms with E-state index in [9.17, 15) is 0 Å². The molecule has 0 aromatic carbocycles. The number of hydrogen-bond donors (Lipinski definition) is 0. The first-order valence-corrected chi connectivity index (χ1v) is 6.94. The first-order valence-electron chi connectivity index (χ1n) is 4.90. The summed E-state index contributed by atoms with van der Waals surface area (Å²) in [7, 11) is 1.75. The number of methoxy groups -OCH3 is 1. The molecule has 2 atom stereocenters. The first kappa shape index (κ1) is 11.4. The van der Waals surface area contributed by atoms with Gasteiger partial charge in [-0.15, -0.1) is 11.3 Å². The van der Waals surface area contributed by atoms with Gasteiger partial charge in [-0.05, 0) is 13.2 Å². The molecular weight excluding hydrogens is 230 g/mol. The van der Waals surface area contributed by atoms with Crippen LogP contribution in [-0.2, 0) is 15.1 Å². The van der Waals surface area contributed by atoms with Crippen molar-refractivity contribution in [2.24, 2.45) is 0 Å². The Morgan fingerprint density at radius 2 is 2.53 bits per heavy atom. The third-order valence-electron chi connectivity index (χ3n) is 2.94. The van der Waals surface area contributed by atoms with Gasteiger partial charge in [0, 0.05) is 19.7 Å². The second-order valence-corrected chi connectivity index (χ2v) is 5.64. The van der Waals surface area contributed by atoms with Crippen molar-refractivity contribution in [2.45, 2.75) is 29.4 Å². The molecule has 0 bridgehead atoms. The predicted molar refractivity (Wildman–Crippen MR) is 62.6 cm³/mol. The molecule has 2 rings (SSSR count). The van der Waals surface area contributed by atoms with Crippen LogP contribution in [-0.4, -0.2) is 31.1 Å². The smallest absolute Gasteiger partial charge is 0.149 e. The summed E-state index contributed by atoms with van der Waals surface area (Å²) in [6.45, 7) is 2.83. The van der Waals surface area contributed by atoms with Crippen molar-refractivity contribution in [2.75, 3.05) is 20.0 Å². The SMILES string of the molecule is COC1(c2cnc(SC)s2)CCOC1C. The highest BCUT2D eigenvalue weighted by Crippen LogP contribution is 2.42. The van der Waals surface area contributed by atoms with Gasteiger partial charge >= 0.3 is 0 Å². The minimum absolute atomic E-state index is 0.109. The normalized spacial score (nSPS) is 31.0. The van der Waals surface area contributed by atoms with E-state index in [0.717, 1.165) is 17.4 Å². The molecule has 0 amide bonds. The van der Waals surface area contributed by atoms with E-state index in [-0.39, 0.29) is 11.7 Å². The lowest BCUT2D eigenvalue weighted by atomic mass is 9.95. The van der Waals surface area contributed by atoms with E-state index in [1.54, 1.807) is 30.2 Å². The molecule has 2 unspecified atom stereocenters. The van der Waals surface area contributed by atoms with Crippen molar-refractivity contribution in [1.82, 2.24) is 4.98 Å². The summed E-state index contributed by atoms with van der Waals surface area (Å²) in [5, 5.41) is 0. The summed E-state index contributed by atoms with van der Waals surface area (Å²) in [5.74, 6) is 0. The van der Waals surface area contributed by atoms with Gasteiger partial charge in [0.15, 0.2) is 0 Å². The van der Waals surface area contributed by atoms with E-state index in [1.165, 1.54) is 4.88 Å². The summed E-state index contributed by atoms with van der Waals surface area (Å²) in [6, 6.07) is 0. The molecule has 2 heterocycles. The third kappa shape index (κ3) is 1.82. The maximum atomic E-state index is 5.69. The summed E-state index contributed by atoms with van der Waals surface area (Å²) < 4.78 is 12.4. The number of hydrogen-bond acceptors (Lipinski definition) is 5. The zero-order valence-electron chi connectivity index (χ0n) is 9.15. The van der Waals surface area contributed by atoms with Gasteiger partial charge in [-0.1, -0.05) is 11.8 Å². The number of aromatic nitrogens is 1. The molecule has 1 aliphatic rings. The number of nitrogens with zero attached hydrogens (tertiary/aromatic N) is 1. The Kier molecular flexibility index (Phi) is 3.35. The average molecular weight is 245 g/mol. The molecule has 1 saturated heterocycles. The molecule has 1 aromatic rings. The Bertz CT molecular complexity index is 342. The van der Waals surface area contributed by atoms with E-state index in [2.05, 4.69) is 11.9 Å². The van der Waals surface area contributed by atoms with Crippen molar-refractivity contribution >= 4 is 23.1 Å². The molecule has 0 N–H and O–H groups in total. The Morgan fingerprint density at radius 3 is 3.00 bits per heavy atom. The monoisotopic (exact) mass is 245 g/mol. The Balaban J connectivity index is 2.33. The number of rotatable bonds is 3. The van der Waals surface area contributed by atoms with Crippen molar-refractivity contribution < 1.29 is 9.47 Å². The van der Waals surface area contributed by atoms with Gasteiger partial charge in [0.1, 0.15) is 9.94 Å². The fraction of sp³-hybridized carbons (Fsp3) is 0.700. The van der Waals surface area contributed by atoms with Crippen molar-refractivity contribution in [1.29, 1.82) is 0 Å². The highest BCUT2D eigenvalue weighted by atomic mass is 32.2. The van der Waals surface area contributed by atoms with Crippen LogP contribution in [0.4, 0.5) is 0 Å². The summed E-state index contributed by atoms with van der Waals surface area (Å²) in [6.07, 6.45) is 4.99. The minimum Gasteiger partial charge on any atom is -0.375 e. The molecular formula is C10H15NO2S2. The molecule has 3 nitrogen and oxygen atoms in total. The lowest BCUT2D eigenvalue weighted by Gasteiger charge is -2.28. The second-order valence-electron chi connectivity index (χ2n) is 3.55. The molecule has 0 radical (unpaired) electrons. The second kappa shape index (κ2) is 4.41. The van der Waals surface area contributed by atoms with E-state index in [1.807, 2.05) is 12.5 Å². The van der Waals surface area contributed by atoms with Crippen LogP contribution in [0.3, 0.4) is 0 Å². The van der Waals surface area contributed by atoms with E-state index in [0.29, 0.717) is 0 Å². The van der Waals surface area contributed by atoms with Crippen LogP contribution in [0, 0.1) is 0 Å². The van der Waals surface area contributed by atoms with Gasteiger partial charge in [0.2, 0.25) is 0 Å². The Hall–Kier alpha value is -0.100. The first-order chi connectivity index (χ1) is 7.23. The van der Waals surface area contributed by atoms with E-state index < -0.39 is 0 Å². The molecule has 0 spiro atoms. The molecule has 5 heteroatoms. The van der Waals surface area contributed by atoms with Crippen molar-refractivity contribution in [3.05, 3.63) is 11.1 Å². The quantitative estimate of drug-likeness (QED) is 0.766. The zero-order chi connectivity index (χ0) is 10.9. The molecule has 1 fully saturated rings. The highest BCUT2D eigenvalue weighted by Gasteiger charge is 2.44. The van der Waals surface area contributed by atoms with Gasteiger partial charge in [-0.25, -0.2) is 4.98 Å². The topological polar surface area (TPSA) is 31.4 Å². The Labute approximate surface area is 98.2 Å². The van der Waals surface area contributed by atoms with Crippen LogP contribution in [0.25, 0.3) is 0 Å². The standard InChI is InChI=1S/C10H15NO2S2/c1-7-10(12-2,4-5-13-7)8-6-11-9(14-3)15-8/h6-7H,4-5H2,1-3H3. The van der Waals surface area contributed by atoms with Crippen molar-refractivity contribution in [3.63, 3.8) is 0 Å². The van der Waals surface area contributed by atoms with Gasteiger partial charge in [-0.2, -0.15) is 0 Å². The maximum absolute atomic E-state index is 5.69. The molecule has 0 saturated carbocycles. The van der Waals surface area contributed by atoms with Crippen molar-refractivity contribution in [3.8, 4) is 0 Å². The van der Waals surface area contributed by atoms with Crippen LogP contribution in [0.2, 0.25) is 0 Å². The number of thiazole rings is 1. The fourth-order valence-electron chi connectivity index (χ4n) is 1.97. The van der Waals surface area contributed by atoms with Crippen LogP contribution in [0.5, 0.6) is 0 Å². The molecule has 1 aromatic heterocycles. The number of thioether (sulfide) groups is 1. The van der Waals surface area contributed by atoms with Gasteiger partial charge in [0.05, 0.1) is 17.6 Å². The van der Waals surface area contributed by atoms with E-state index in [4.69, 9.17) is 9.47 Å². The highest BCUT2D eigenvalue weighted by molar-refractivity contribution is 8.00. The molecule has 15 heavy (non-hydrogen) atoms. The third-order valence-corrected chi connectivity index (χ3v) is 5.09. The summed E-state index contributed by atoms with van der Waals surface area (Å²) in [5.41, 5.74) is -0.272. The van der Waals surface area contributed by atoms with Crippen LogP contribution in [0.15, 0.2) is 10.5 Å². The average Bonchev–Trinajstić information content (AvgIpc) is 2.84. The van der Waals surface area contributed by atoms with Gasteiger partial charge in [-0.3, -0.25) is 0 Å². The van der Waals surface area contributed by atoms with E-state index >= 15 is 0 Å². The fourth-order valence-corrected chi connectivity index (χ4v) is 3.65. The molecule has 0 aliphatic carbocycles. The van der Waals surface area contributed by atoms with Crippen LogP contribution < -0.4 is 0 Å². The van der Waals surface area contributed by atoms with Crippen LogP contribution in [0.1, 0.15) is 18.2 Å². The number of ether oxygens (including phenoxy) is 2. The molecule has 84 valence electrons. The Morgan fingerprint density at radius 1 is 1.73 bits per heavy atom. The summed E-state index contributed by atoms with van der Waals surface area (Å²) >= 11 is 3.37. The lowest BCUT2D eigenvalue weighted by Crippen LogP contribution is -2.34. The predicted octanol–water partition coefficient (Wildman–Crippen LogP) is 2.52. The van der Waals surface area contributed by atoms with Gasteiger partial charge < -0.3 is 9.47 Å². The summed E-state index contributed by atoms with van der Waals surface area (Å²) in [4.78, 5) is 5.53.